The van der Waals surface area contributed by atoms with E-state index in [4.69, 9.17) is 4.42 Å². The highest BCUT2D eigenvalue weighted by atomic mass is 16.3. The standard InChI is InChI=1S/C18H24N4O2/c1-20(2)15-5-7-16(8-6-15)21-9-11-22(12-10-21)18(23)19-14-17-4-3-13-24-17/h3-8,13H,9-12,14H2,1-2H3,(H,19,23). The molecule has 0 radical (unpaired) electrons. The molecule has 2 aromatic rings. The lowest BCUT2D eigenvalue weighted by atomic mass is 10.2. The van der Waals surface area contributed by atoms with E-state index in [1.165, 1.54) is 11.4 Å². The molecule has 2 amide bonds. The molecule has 0 spiro atoms. The van der Waals surface area contributed by atoms with Crippen LogP contribution in [0.4, 0.5) is 16.2 Å². The van der Waals surface area contributed by atoms with Crippen molar-refractivity contribution in [2.45, 2.75) is 6.54 Å². The zero-order valence-corrected chi connectivity index (χ0v) is 14.2. The fourth-order valence-electron chi connectivity index (χ4n) is 2.82. The van der Waals surface area contributed by atoms with Crippen LogP contribution in [-0.2, 0) is 6.54 Å². The molecule has 1 fully saturated rings. The van der Waals surface area contributed by atoms with Gasteiger partial charge in [-0.3, -0.25) is 0 Å². The highest BCUT2D eigenvalue weighted by Crippen LogP contribution is 2.20. The lowest BCUT2D eigenvalue weighted by molar-refractivity contribution is 0.193. The van der Waals surface area contributed by atoms with Crippen molar-refractivity contribution in [1.29, 1.82) is 0 Å². The van der Waals surface area contributed by atoms with Crippen LogP contribution in [0, 0.1) is 0 Å². The van der Waals surface area contributed by atoms with E-state index in [-0.39, 0.29) is 6.03 Å². The number of amides is 2. The Morgan fingerprint density at radius 3 is 2.42 bits per heavy atom. The summed E-state index contributed by atoms with van der Waals surface area (Å²) in [5, 5.41) is 2.90. The third-order valence-corrected chi connectivity index (χ3v) is 4.29. The van der Waals surface area contributed by atoms with Crippen molar-refractivity contribution in [3.05, 3.63) is 48.4 Å². The maximum atomic E-state index is 12.2. The Bertz CT molecular complexity index is 644. The van der Waals surface area contributed by atoms with Gasteiger partial charge in [-0.2, -0.15) is 0 Å². The molecule has 1 N–H and O–H groups in total. The molecule has 3 rings (SSSR count). The van der Waals surface area contributed by atoms with E-state index >= 15 is 0 Å². The molecule has 1 aromatic carbocycles. The highest BCUT2D eigenvalue weighted by molar-refractivity contribution is 5.74. The van der Waals surface area contributed by atoms with Gasteiger partial charge in [0.15, 0.2) is 0 Å². The zero-order chi connectivity index (χ0) is 16.9. The number of benzene rings is 1. The summed E-state index contributed by atoms with van der Waals surface area (Å²) in [6.07, 6.45) is 1.61. The van der Waals surface area contributed by atoms with Gasteiger partial charge >= 0.3 is 6.03 Å². The molecule has 1 aromatic heterocycles. The molecule has 1 saturated heterocycles. The summed E-state index contributed by atoms with van der Waals surface area (Å²) in [5.74, 6) is 0.767. The van der Waals surface area contributed by atoms with Crippen LogP contribution in [0.15, 0.2) is 47.1 Å². The molecule has 2 heterocycles. The predicted octanol–water partition coefficient (Wildman–Crippen LogP) is 2.38. The second kappa shape index (κ2) is 7.29. The van der Waals surface area contributed by atoms with Crippen LogP contribution in [0.2, 0.25) is 0 Å². The quantitative estimate of drug-likeness (QED) is 0.936. The molecule has 1 aliphatic heterocycles. The van der Waals surface area contributed by atoms with Crippen molar-refractivity contribution in [3.8, 4) is 0 Å². The first kappa shape index (κ1) is 16.2. The van der Waals surface area contributed by atoms with E-state index in [9.17, 15) is 4.79 Å². The number of hydrogen-bond donors (Lipinski definition) is 1. The maximum Gasteiger partial charge on any atom is 0.317 e. The van der Waals surface area contributed by atoms with Crippen LogP contribution in [-0.4, -0.2) is 51.2 Å². The first-order chi connectivity index (χ1) is 11.6. The topological polar surface area (TPSA) is 52.0 Å². The third-order valence-electron chi connectivity index (χ3n) is 4.29. The molecule has 0 atom stereocenters. The van der Waals surface area contributed by atoms with Gasteiger partial charge in [-0.05, 0) is 36.4 Å². The summed E-state index contributed by atoms with van der Waals surface area (Å²) in [6.45, 7) is 3.56. The molecule has 128 valence electrons. The number of rotatable bonds is 4. The molecule has 24 heavy (non-hydrogen) atoms. The van der Waals surface area contributed by atoms with Crippen molar-refractivity contribution in [2.24, 2.45) is 0 Å². The number of anilines is 2. The van der Waals surface area contributed by atoms with Crippen LogP contribution < -0.4 is 15.1 Å². The first-order valence-electron chi connectivity index (χ1n) is 8.21. The van der Waals surface area contributed by atoms with Gasteiger partial charge in [0.05, 0.1) is 12.8 Å². The molecular weight excluding hydrogens is 304 g/mol. The number of carbonyl (C=O) groups is 1. The van der Waals surface area contributed by atoms with Gasteiger partial charge in [0, 0.05) is 51.6 Å². The highest BCUT2D eigenvalue weighted by Gasteiger charge is 2.21. The number of nitrogens with one attached hydrogen (secondary N) is 1. The molecule has 0 saturated carbocycles. The van der Waals surface area contributed by atoms with Crippen molar-refractivity contribution in [1.82, 2.24) is 10.2 Å². The summed E-state index contributed by atoms with van der Waals surface area (Å²) in [4.78, 5) is 18.5. The SMILES string of the molecule is CN(C)c1ccc(N2CCN(C(=O)NCc3ccco3)CC2)cc1. The minimum absolute atomic E-state index is 0.0333. The fourth-order valence-corrected chi connectivity index (χ4v) is 2.82. The van der Waals surface area contributed by atoms with E-state index < -0.39 is 0 Å². The van der Waals surface area contributed by atoms with Gasteiger partial charge in [0.25, 0.3) is 0 Å². The minimum Gasteiger partial charge on any atom is -0.467 e. The summed E-state index contributed by atoms with van der Waals surface area (Å²) in [6, 6.07) is 12.2. The van der Waals surface area contributed by atoms with Gasteiger partial charge in [-0.15, -0.1) is 0 Å². The van der Waals surface area contributed by atoms with Gasteiger partial charge in [0.1, 0.15) is 5.76 Å². The van der Waals surface area contributed by atoms with Crippen molar-refractivity contribution >= 4 is 17.4 Å². The van der Waals surface area contributed by atoms with Crippen LogP contribution >= 0.6 is 0 Å². The molecule has 0 unspecified atom stereocenters. The van der Waals surface area contributed by atoms with Gasteiger partial charge in [-0.25, -0.2) is 4.79 Å². The number of furan rings is 1. The van der Waals surface area contributed by atoms with Crippen LogP contribution in [0.25, 0.3) is 0 Å². The van der Waals surface area contributed by atoms with E-state index in [0.29, 0.717) is 6.54 Å². The number of nitrogens with zero attached hydrogens (tertiary/aromatic N) is 3. The first-order valence-corrected chi connectivity index (χ1v) is 8.21. The van der Waals surface area contributed by atoms with E-state index in [0.717, 1.165) is 31.9 Å². The normalized spacial score (nSPS) is 14.6. The second-order valence-electron chi connectivity index (χ2n) is 6.12. The second-order valence-corrected chi connectivity index (χ2v) is 6.12. The Morgan fingerprint density at radius 1 is 1.12 bits per heavy atom. The van der Waals surface area contributed by atoms with E-state index in [1.807, 2.05) is 31.1 Å². The Morgan fingerprint density at radius 2 is 1.83 bits per heavy atom. The Hall–Kier alpha value is -2.63. The van der Waals surface area contributed by atoms with Crippen molar-refractivity contribution in [2.75, 3.05) is 50.1 Å². The zero-order valence-electron chi connectivity index (χ0n) is 14.2. The minimum atomic E-state index is -0.0333. The molecule has 6 nitrogen and oxygen atoms in total. The van der Waals surface area contributed by atoms with Gasteiger partial charge in [-0.1, -0.05) is 0 Å². The number of hydrogen-bond acceptors (Lipinski definition) is 4. The predicted molar refractivity (Wildman–Crippen MR) is 95.5 cm³/mol. The average molecular weight is 328 g/mol. The number of piperazine rings is 1. The fraction of sp³-hybridized carbons (Fsp3) is 0.389. The summed E-state index contributed by atoms with van der Waals surface area (Å²) in [7, 11) is 4.07. The van der Waals surface area contributed by atoms with Crippen molar-refractivity contribution < 1.29 is 9.21 Å². The van der Waals surface area contributed by atoms with Crippen LogP contribution in [0.1, 0.15) is 5.76 Å². The molecular formula is C18H24N4O2. The monoisotopic (exact) mass is 328 g/mol. The molecule has 0 bridgehead atoms. The lowest BCUT2D eigenvalue weighted by Crippen LogP contribution is -2.51. The lowest BCUT2D eigenvalue weighted by Gasteiger charge is -2.36. The summed E-state index contributed by atoms with van der Waals surface area (Å²) in [5.41, 5.74) is 2.39. The summed E-state index contributed by atoms with van der Waals surface area (Å²) < 4.78 is 5.23. The van der Waals surface area contributed by atoms with Gasteiger partial charge < -0.3 is 24.4 Å². The van der Waals surface area contributed by atoms with E-state index in [1.54, 1.807) is 6.26 Å². The van der Waals surface area contributed by atoms with Gasteiger partial charge in [0.2, 0.25) is 0 Å². The number of carbonyl (C=O) groups excluding carboxylic acids is 1. The summed E-state index contributed by atoms with van der Waals surface area (Å²) >= 11 is 0. The maximum absolute atomic E-state index is 12.2. The van der Waals surface area contributed by atoms with Crippen LogP contribution in [0.3, 0.4) is 0 Å². The molecule has 1 aliphatic rings. The smallest absolute Gasteiger partial charge is 0.317 e. The number of urea groups is 1. The van der Waals surface area contributed by atoms with Crippen LogP contribution in [0.5, 0.6) is 0 Å². The Balaban J connectivity index is 1.49. The Labute approximate surface area is 142 Å². The Kier molecular flexibility index (Phi) is 4.93. The van der Waals surface area contributed by atoms with Crippen molar-refractivity contribution in [3.63, 3.8) is 0 Å². The molecule has 0 aliphatic carbocycles. The third kappa shape index (κ3) is 3.82. The molecule has 6 heteroatoms. The average Bonchev–Trinajstić information content (AvgIpc) is 3.13. The van der Waals surface area contributed by atoms with E-state index in [2.05, 4.69) is 39.4 Å². The largest absolute Gasteiger partial charge is 0.467 e.